The summed E-state index contributed by atoms with van der Waals surface area (Å²) in [5, 5.41) is 11.8. The normalized spacial score (nSPS) is 22.6. The van der Waals surface area contributed by atoms with Crippen molar-refractivity contribution in [2.75, 3.05) is 5.32 Å². The average Bonchev–Trinajstić information content (AvgIpc) is 3.19. The molecule has 2 fully saturated rings. The molecule has 0 heterocycles. The highest BCUT2D eigenvalue weighted by Gasteiger charge is 2.65. The number of anilines is 1. The molecule has 1 amide bonds. The van der Waals surface area contributed by atoms with Crippen molar-refractivity contribution in [3.63, 3.8) is 0 Å². The van der Waals surface area contributed by atoms with E-state index in [0.717, 1.165) is 6.42 Å². The van der Waals surface area contributed by atoms with Gasteiger partial charge in [0, 0.05) is 11.6 Å². The van der Waals surface area contributed by atoms with Gasteiger partial charge in [-0.3, -0.25) is 4.79 Å². The minimum Gasteiger partial charge on any atom is -0.478 e. The Morgan fingerprint density at radius 3 is 2.61 bits per heavy atom. The first kappa shape index (κ1) is 11.3. The number of carboxylic acid groups (broad SMARTS) is 1. The molecule has 1 aromatic carbocycles. The molecule has 4 heteroatoms. The maximum atomic E-state index is 11.9. The number of carboxylic acids is 1. The number of carbonyl (C=O) groups is 2. The van der Waals surface area contributed by atoms with E-state index >= 15 is 0 Å². The molecule has 94 valence electrons. The summed E-state index contributed by atoms with van der Waals surface area (Å²) in [6.45, 7) is 1.73. The van der Waals surface area contributed by atoms with E-state index in [1.165, 1.54) is 18.9 Å². The first-order valence-electron chi connectivity index (χ1n) is 6.17. The van der Waals surface area contributed by atoms with Crippen molar-refractivity contribution in [2.45, 2.75) is 26.2 Å². The van der Waals surface area contributed by atoms with Crippen molar-refractivity contribution in [3.05, 3.63) is 29.3 Å². The SMILES string of the molecule is Cc1cc(NC(=O)C2CC23CC3)ccc1C(=O)O. The van der Waals surface area contributed by atoms with Crippen LogP contribution in [0.3, 0.4) is 0 Å². The van der Waals surface area contributed by atoms with Crippen molar-refractivity contribution in [2.24, 2.45) is 11.3 Å². The molecule has 3 rings (SSSR count). The van der Waals surface area contributed by atoms with Crippen LogP contribution in [0.1, 0.15) is 35.2 Å². The van der Waals surface area contributed by atoms with Gasteiger partial charge in [-0.05, 0) is 55.4 Å². The third kappa shape index (κ3) is 1.78. The average molecular weight is 245 g/mol. The van der Waals surface area contributed by atoms with Gasteiger partial charge in [0.1, 0.15) is 0 Å². The van der Waals surface area contributed by atoms with E-state index in [1.54, 1.807) is 19.1 Å². The zero-order valence-electron chi connectivity index (χ0n) is 10.2. The molecule has 2 N–H and O–H groups in total. The van der Waals surface area contributed by atoms with Gasteiger partial charge in [0.25, 0.3) is 0 Å². The molecule has 0 aromatic heterocycles. The van der Waals surface area contributed by atoms with Gasteiger partial charge >= 0.3 is 5.97 Å². The zero-order valence-corrected chi connectivity index (χ0v) is 10.2. The third-order valence-electron chi connectivity index (χ3n) is 4.12. The molecule has 0 radical (unpaired) electrons. The summed E-state index contributed by atoms with van der Waals surface area (Å²) in [4.78, 5) is 22.8. The molecule has 4 nitrogen and oxygen atoms in total. The number of carbonyl (C=O) groups excluding carboxylic acids is 1. The van der Waals surface area contributed by atoms with Crippen LogP contribution in [0.5, 0.6) is 0 Å². The fourth-order valence-corrected chi connectivity index (χ4v) is 2.64. The number of aryl methyl sites for hydroxylation is 1. The number of amides is 1. The van der Waals surface area contributed by atoms with Crippen LogP contribution in [0.25, 0.3) is 0 Å². The molecule has 1 aromatic rings. The summed E-state index contributed by atoms with van der Waals surface area (Å²) in [7, 11) is 0. The lowest BCUT2D eigenvalue weighted by molar-refractivity contribution is -0.117. The molecule has 1 atom stereocenters. The Morgan fingerprint density at radius 2 is 2.11 bits per heavy atom. The standard InChI is InChI=1S/C14H15NO3/c1-8-6-9(2-3-10(8)13(17)18)15-12(16)11-7-14(11)4-5-14/h2-3,6,11H,4-5,7H2,1H3,(H,15,16)(H,17,18). The van der Waals surface area contributed by atoms with E-state index in [9.17, 15) is 9.59 Å². The molecule has 1 spiro atoms. The van der Waals surface area contributed by atoms with Gasteiger partial charge in [-0.15, -0.1) is 0 Å². The van der Waals surface area contributed by atoms with E-state index in [-0.39, 0.29) is 17.4 Å². The van der Waals surface area contributed by atoms with Crippen LogP contribution < -0.4 is 5.32 Å². The lowest BCUT2D eigenvalue weighted by atomic mass is 10.1. The van der Waals surface area contributed by atoms with Gasteiger partial charge in [-0.2, -0.15) is 0 Å². The summed E-state index contributed by atoms with van der Waals surface area (Å²) in [6, 6.07) is 4.90. The van der Waals surface area contributed by atoms with Crippen LogP contribution in [0.15, 0.2) is 18.2 Å². The van der Waals surface area contributed by atoms with Crippen molar-refractivity contribution in [1.29, 1.82) is 0 Å². The zero-order chi connectivity index (χ0) is 12.9. The summed E-state index contributed by atoms with van der Waals surface area (Å²) < 4.78 is 0. The van der Waals surface area contributed by atoms with E-state index in [4.69, 9.17) is 5.11 Å². The number of nitrogens with one attached hydrogen (secondary N) is 1. The smallest absolute Gasteiger partial charge is 0.335 e. The second kappa shape index (κ2) is 3.57. The molecule has 18 heavy (non-hydrogen) atoms. The second-order valence-corrected chi connectivity index (χ2v) is 5.44. The topological polar surface area (TPSA) is 66.4 Å². The number of rotatable bonds is 3. The Morgan fingerprint density at radius 1 is 1.39 bits per heavy atom. The molecule has 2 aliphatic carbocycles. The highest BCUT2D eigenvalue weighted by Crippen LogP contribution is 2.70. The number of hydrogen-bond acceptors (Lipinski definition) is 2. The van der Waals surface area contributed by atoms with E-state index in [0.29, 0.717) is 16.7 Å². The lowest BCUT2D eigenvalue weighted by Gasteiger charge is -2.07. The highest BCUT2D eigenvalue weighted by molar-refractivity contribution is 5.96. The molecule has 0 aliphatic heterocycles. The van der Waals surface area contributed by atoms with Crippen molar-refractivity contribution >= 4 is 17.6 Å². The maximum absolute atomic E-state index is 11.9. The first-order chi connectivity index (χ1) is 8.52. The molecule has 2 saturated carbocycles. The van der Waals surface area contributed by atoms with Crippen LogP contribution in [0.2, 0.25) is 0 Å². The Labute approximate surface area is 105 Å². The van der Waals surface area contributed by atoms with Gasteiger partial charge in [0.05, 0.1) is 5.56 Å². The highest BCUT2D eigenvalue weighted by atomic mass is 16.4. The third-order valence-corrected chi connectivity index (χ3v) is 4.12. The minimum atomic E-state index is -0.940. The number of aromatic carboxylic acids is 1. The van der Waals surface area contributed by atoms with Crippen LogP contribution in [0, 0.1) is 18.3 Å². The van der Waals surface area contributed by atoms with Gasteiger partial charge in [-0.1, -0.05) is 0 Å². The Hall–Kier alpha value is -1.84. The van der Waals surface area contributed by atoms with Crippen LogP contribution in [-0.4, -0.2) is 17.0 Å². The van der Waals surface area contributed by atoms with Gasteiger partial charge in [0.15, 0.2) is 0 Å². The Kier molecular flexibility index (Phi) is 2.24. The van der Waals surface area contributed by atoms with E-state index in [1.807, 2.05) is 0 Å². The molecule has 1 unspecified atom stereocenters. The molecule has 2 aliphatic rings. The van der Waals surface area contributed by atoms with E-state index in [2.05, 4.69) is 5.32 Å². The Balaban J connectivity index is 1.71. The van der Waals surface area contributed by atoms with Crippen LogP contribution in [0.4, 0.5) is 5.69 Å². The van der Waals surface area contributed by atoms with Gasteiger partial charge < -0.3 is 10.4 Å². The van der Waals surface area contributed by atoms with E-state index < -0.39 is 5.97 Å². The maximum Gasteiger partial charge on any atom is 0.335 e. The monoisotopic (exact) mass is 245 g/mol. The first-order valence-corrected chi connectivity index (χ1v) is 6.17. The fourth-order valence-electron chi connectivity index (χ4n) is 2.64. The largest absolute Gasteiger partial charge is 0.478 e. The second-order valence-electron chi connectivity index (χ2n) is 5.44. The minimum absolute atomic E-state index is 0.0787. The number of hydrogen-bond donors (Lipinski definition) is 2. The van der Waals surface area contributed by atoms with Gasteiger partial charge in [0.2, 0.25) is 5.91 Å². The molecule has 0 bridgehead atoms. The number of benzene rings is 1. The van der Waals surface area contributed by atoms with Crippen molar-refractivity contribution < 1.29 is 14.7 Å². The van der Waals surface area contributed by atoms with Crippen LogP contribution >= 0.6 is 0 Å². The van der Waals surface area contributed by atoms with Gasteiger partial charge in [-0.25, -0.2) is 4.79 Å². The van der Waals surface area contributed by atoms with Crippen molar-refractivity contribution in [1.82, 2.24) is 0 Å². The van der Waals surface area contributed by atoms with Crippen molar-refractivity contribution in [3.8, 4) is 0 Å². The van der Waals surface area contributed by atoms with Crippen LogP contribution in [-0.2, 0) is 4.79 Å². The summed E-state index contributed by atoms with van der Waals surface area (Å²) in [5.41, 5.74) is 1.97. The summed E-state index contributed by atoms with van der Waals surface area (Å²) in [6.07, 6.45) is 3.38. The Bertz CT molecular complexity index is 546. The quantitative estimate of drug-likeness (QED) is 0.859. The molecule has 0 saturated heterocycles. The summed E-state index contributed by atoms with van der Waals surface area (Å²) in [5.74, 6) is -0.684. The predicted molar refractivity (Wildman–Crippen MR) is 66.5 cm³/mol. The summed E-state index contributed by atoms with van der Waals surface area (Å²) >= 11 is 0. The fraction of sp³-hybridized carbons (Fsp3) is 0.429. The molecular formula is C14H15NO3. The predicted octanol–water partition coefficient (Wildman–Crippen LogP) is 2.43. The molecular weight excluding hydrogens is 230 g/mol. The lowest BCUT2D eigenvalue weighted by Crippen LogP contribution is -2.15.